The molecule has 3 atom stereocenters. The van der Waals surface area contributed by atoms with Crippen LogP contribution in [0.4, 0.5) is 0 Å². The van der Waals surface area contributed by atoms with Gasteiger partial charge in [0.25, 0.3) is 0 Å². The Morgan fingerprint density at radius 2 is 2.46 bits per heavy atom. The monoisotopic (exact) mass is 183 g/mol. The molecular formula is C10H17NO2. The van der Waals surface area contributed by atoms with Crippen molar-refractivity contribution in [3.63, 3.8) is 0 Å². The zero-order valence-corrected chi connectivity index (χ0v) is 8.08. The molecule has 2 saturated carbocycles. The number of hydrogen-bond acceptors (Lipinski definition) is 3. The van der Waals surface area contributed by atoms with Crippen LogP contribution >= 0.6 is 0 Å². The van der Waals surface area contributed by atoms with Crippen molar-refractivity contribution < 1.29 is 9.53 Å². The third-order valence-electron chi connectivity index (χ3n) is 3.42. The largest absolute Gasteiger partial charge is 0.466 e. The second-order valence-electron chi connectivity index (χ2n) is 4.36. The van der Waals surface area contributed by atoms with Gasteiger partial charge in [-0.2, -0.15) is 0 Å². The zero-order valence-electron chi connectivity index (χ0n) is 8.08. The molecule has 2 aliphatic carbocycles. The minimum Gasteiger partial charge on any atom is -0.466 e. The van der Waals surface area contributed by atoms with Gasteiger partial charge in [0.05, 0.1) is 13.0 Å². The maximum atomic E-state index is 11.3. The number of hydrogen-bond donors (Lipinski definition) is 1. The van der Waals surface area contributed by atoms with Crippen molar-refractivity contribution in [1.29, 1.82) is 0 Å². The summed E-state index contributed by atoms with van der Waals surface area (Å²) in [6.07, 6.45) is 3.86. The van der Waals surface area contributed by atoms with E-state index >= 15 is 0 Å². The van der Waals surface area contributed by atoms with E-state index in [1.165, 1.54) is 12.8 Å². The summed E-state index contributed by atoms with van der Waals surface area (Å²) in [5.41, 5.74) is 5.95. The summed E-state index contributed by atoms with van der Waals surface area (Å²) in [6, 6.07) is 0. The lowest BCUT2D eigenvalue weighted by molar-refractivity contribution is -0.144. The fourth-order valence-corrected chi connectivity index (χ4v) is 2.61. The van der Waals surface area contributed by atoms with Crippen LogP contribution in [0.2, 0.25) is 0 Å². The maximum absolute atomic E-state index is 11.3. The molecule has 2 aliphatic rings. The molecule has 0 aromatic carbocycles. The van der Waals surface area contributed by atoms with Crippen LogP contribution in [0.3, 0.4) is 0 Å². The molecule has 3 unspecified atom stereocenters. The molecule has 0 aliphatic heterocycles. The molecule has 2 fully saturated rings. The van der Waals surface area contributed by atoms with E-state index in [9.17, 15) is 4.79 Å². The van der Waals surface area contributed by atoms with E-state index in [1.54, 1.807) is 0 Å². The average molecular weight is 183 g/mol. The Hall–Kier alpha value is -0.570. The number of ether oxygens (including phenoxy) is 1. The van der Waals surface area contributed by atoms with Gasteiger partial charge >= 0.3 is 5.97 Å². The molecule has 0 aromatic heterocycles. The van der Waals surface area contributed by atoms with Crippen LogP contribution in [0.1, 0.15) is 32.6 Å². The predicted molar refractivity (Wildman–Crippen MR) is 49.0 cm³/mol. The first-order valence-electron chi connectivity index (χ1n) is 5.10. The number of rotatable bonds is 3. The van der Waals surface area contributed by atoms with E-state index in [4.69, 9.17) is 10.5 Å². The van der Waals surface area contributed by atoms with Crippen molar-refractivity contribution in [3.05, 3.63) is 0 Å². The Bertz CT molecular complexity index is 229. The van der Waals surface area contributed by atoms with Crippen LogP contribution < -0.4 is 5.73 Å². The molecule has 0 bridgehead atoms. The molecule has 0 spiro atoms. The highest BCUT2D eigenvalue weighted by Crippen LogP contribution is 2.57. The highest BCUT2D eigenvalue weighted by molar-refractivity contribution is 5.71. The van der Waals surface area contributed by atoms with Crippen molar-refractivity contribution in [2.75, 3.05) is 6.61 Å². The van der Waals surface area contributed by atoms with Crippen LogP contribution in [-0.4, -0.2) is 18.1 Å². The SMILES string of the molecule is CCOC(=O)CC1(N)CCC2CC21. The van der Waals surface area contributed by atoms with Crippen LogP contribution in [-0.2, 0) is 9.53 Å². The Labute approximate surface area is 78.6 Å². The topological polar surface area (TPSA) is 52.3 Å². The second-order valence-corrected chi connectivity index (χ2v) is 4.36. The van der Waals surface area contributed by atoms with Crippen molar-refractivity contribution >= 4 is 5.97 Å². The zero-order chi connectivity index (χ0) is 9.47. The number of nitrogens with two attached hydrogens (primary N) is 1. The molecule has 0 saturated heterocycles. The fraction of sp³-hybridized carbons (Fsp3) is 0.900. The smallest absolute Gasteiger partial charge is 0.307 e. The summed E-state index contributed by atoms with van der Waals surface area (Å²) in [6.45, 7) is 2.29. The minimum atomic E-state index is -0.225. The number of carbonyl (C=O) groups is 1. The Kier molecular flexibility index (Phi) is 2.06. The number of fused-ring (bicyclic) bond motifs is 1. The number of esters is 1. The molecule has 0 aromatic rings. The lowest BCUT2D eigenvalue weighted by atomic mass is 9.90. The quantitative estimate of drug-likeness (QED) is 0.666. The van der Waals surface area contributed by atoms with Gasteiger partial charge < -0.3 is 10.5 Å². The highest BCUT2D eigenvalue weighted by Gasteiger charge is 2.56. The van der Waals surface area contributed by atoms with Crippen LogP contribution in [0.5, 0.6) is 0 Å². The van der Waals surface area contributed by atoms with Gasteiger partial charge in [0.2, 0.25) is 0 Å². The first kappa shape index (κ1) is 9.00. The molecule has 3 nitrogen and oxygen atoms in total. The van der Waals surface area contributed by atoms with Crippen molar-refractivity contribution in [2.24, 2.45) is 17.6 Å². The lowest BCUT2D eigenvalue weighted by Gasteiger charge is -2.24. The maximum Gasteiger partial charge on any atom is 0.307 e. The Morgan fingerprint density at radius 3 is 2.92 bits per heavy atom. The van der Waals surface area contributed by atoms with E-state index in [2.05, 4.69) is 0 Å². The van der Waals surface area contributed by atoms with Gasteiger partial charge in [-0.15, -0.1) is 0 Å². The van der Waals surface area contributed by atoms with Gasteiger partial charge in [-0.05, 0) is 38.0 Å². The minimum absolute atomic E-state index is 0.127. The van der Waals surface area contributed by atoms with E-state index in [-0.39, 0.29) is 11.5 Å². The van der Waals surface area contributed by atoms with Crippen LogP contribution in [0.25, 0.3) is 0 Å². The molecule has 2 rings (SSSR count). The summed E-state index contributed by atoms with van der Waals surface area (Å²) in [5, 5.41) is 0. The summed E-state index contributed by atoms with van der Waals surface area (Å²) >= 11 is 0. The average Bonchev–Trinajstić information content (AvgIpc) is 2.75. The van der Waals surface area contributed by atoms with Gasteiger partial charge in [0, 0.05) is 5.54 Å². The molecule has 13 heavy (non-hydrogen) atoms. The van der Waals surface area contributed by atoms with Crippen molar-refractivity contribution in [3.8, 4) is 0 Å². The van der Waals surface area contributed by atoms with E-state index in [0.717, 1.165) is 12.3 Å². The van der Waals surface area contributed by atoms with E-state index in [0.29, 0.717) is 18.9 Å². The summed E-state index contributed by atoms with van der Waals surface area (Å²) < 4.78 is 4.92. The molecule has 3 heteroatoms. The normalized spacial score (nSPS) is 41.4. The van der Waals surface area contributed by atoms with E-state index < -0.39 is 0 Å². The van der Waals surface area contributed by atoms with Gasteiger partial charge in [0.15, 0.2) is 0 Å². The summed E-state index contributed by atoms with van der Waals surface area (Å²) in [5.74, 6) is 1.30. The molecule has 0 heterocycles. The molecule has 0 radical (unpaired) electrons. The first-order chi connectivity index (χ1) is 6.15. The lowest BCUT2D eigenvalue weighted by Crippen LogP contribution is -2.42. The van der Waals surface area contributed by atoms with Crippen LogP contribution in [0.15, 0.2) is 0 Å². The van der Waals surface area contributed by atoms with Crippen molar-refractivity contribution in [1.82, 2.24) is 0 Å². The van der Waals surface area contributed by atoms with Gasteiger partial charge in [0.1, 0.15) is 0 Å². The van der Waals surface area contributed by atoms with Gasteiger partial charge in [-0.25, -0.2) is 0 Å². The summed E-state index contributed by atoms with van der Waals surface area (Å²) in [7, 11) is 0. The van der Waals surface area contributed by atoms with Gasteiger partial charge in [-0.1, -0.05) is 0 Å². The fourth-order valence-electron chi connectivity index (χ4n) is 2.61. The predicted octanol–water partition coefficient (Wildman–Crippen LogP) is 1.07. The summed E-state index contributed by atoms with van der Waals surface area (Å²) in [4.78, 5) is 11.3. The van der Waals surface area contributed by atoms with Crippen molar-refractivity contribution in [2.45, 2.75) is 38.1 Å². The first-order valence-corrected chi connectivity index (χ1v) is 5.10. The molecular weight excluding hydrogens is 166 g/mol. The standard InChI is InChI=1S/C10H17NO2/c1-2-13-9(12)6-10(11)4-3-7-5-8(7)10/h7-8H,2-6,11H2,1H3. The molecule has 74 valence electrons. The van der Waals surface area contributed by atoms with Gasteiger partial charge in [-0.3, -0.25) is 4.79 Å². The Morgan fingerprint density at radius 1 is 1.69 bits per heavy atom. The Balaban J connectivity index is 1.89. The highest BCUT2D eigenvalue weighted by atomic mass is 16.5. The van der Waals surface area contributed by atoms with Crippen LogP contribution in [0, 0.1) is 11.8 Å². The third-order valence-corrected chi connectivity index (χ3v) is 3.42. The molecule has 0 amide bonds. The second kappa shape index (κ2) is 2.98. The van der Waals surface area contributed by atoms with E-state index in [1.807, 2.05) is 6.92 Å². The molecule has 2 N–H and O–H groups in total. The third kappa shape index (κ3) is 1.57. The number of carbonyl (C=O) groups excluding carboxylic acids is 1.